The van der Waals surface area contributed by atoms with Gasteiger partial charge in [0, 0.05) is 13.1 Å². The van der Waals surface area contributed by atoms with Crippen molar-refractivity contribution in [3.8, 4) is 0 Å². The highest BCUT2D eigenvalue weighted by atomic mass is 16.6. The van der Waals surface area contributed by atoms with Crippen LogP contribution in [0.25, 0.3) is 0 Å². The average Bonchev–Trinajstić information content (AvgIpc) is 3.06. The predicted octanol–water partition coefficient (Wildman–Crippen LogP) is 4.55. The number of urea groups is 2. The molecule has 14 nitrogen and oxygen atoms in total. The molecule has 2 rings (SSSR count). The van der Waals surface area contributed by atoms with Crippen molar-refractivity contribution in [2.24, 2.45) is 0 Å². The van der Waals surface area contributed by atoms with E-state index >= 15 is 0 Å². The van der Waals surface area contributed by atoms with Gasteiger partial charge >= 0.3 is 30.1 Å². The van der Waals surface area contributed by atoms with Crippen molar-refractivity contribution in [2.75, 3.05) is 39.4 Å². The van der Waals surface area contributed by atoms with E-state index in [4.69, 9.17) is 14.2 Å². The third-order valence-corrected chi connectivity index (χ3v) is 5.87. The summed E-state index contributed by atoms with van der Waals surface area (Å²) in [5, 5.41) is 8.77. The lowest BCUT2D eigenvalue weighted by Gasteiger charge is -2.34. The second-order valence-electron chi connectivity index (χ2n) is 11.0. The molecule has 0 aliphatic heterocycles. The molecule has 0 radical (unpaired) electrons. The fourth-order valence-corrected chi connectivity index (χ4v) is 3.76. The SMILES string of the molecule is C=CCN(C(=O)NCc1ccccc1)N(CC(=O)OCC)C(=O)OC(C)(C)C.C=CCN(NCC(=O)OCC)C(=O)NCc1ccccc1. The third-order valence-electron chi connectivity index (χ3n) is 5.87. The number of carbonyl (C=O) groups is 5. The fraction of sp³-hybridized carbons (Fsp3) is 0.400. The summed E-state index contributed by atoms with van der Waals surface area (Å²) in [5.41, 5.74) is 3.80. The first-order chi connectivity index (χ1) is 23.3. The van der Waals surface area contributed by atoms with Crippen molar-refractivity contribution in [1.29, 1.82) is 0 Å². The Balaban J connectivity index is 0.000000510. The van der Waals surface area contributed by atoms with Crippen LogP contribution < -0.4 is 16.1 Å². The number of nitrogens with one attached hydrogen (secondary N) is 3. The van der Waals surface area contributed by atoms with Crippen LogP contribution in [0.5, 0.6) is 0 Å². The minimum Gasteiger partial charge on any atom is -0.465 e. The molecule has 0 bridgehead atoms. The lowest BCUT2D eigenvalue weighted by Crippen LogP contribution is -2.56. The molecule has 0 spiro atoms. The van der Waals surface area contributed by atoms with Gasteiger partial charge < -0.3 is 24.8 Å². The van der Waals surface area contributed by atoms with Crippen LogP contribution in [0.4, 0.5) is 14.4 Å². The average molecular weight is 683 g/mol. The van der Waals surface area contributed by atoms with E-state index < -0.39 is 36.2 Å². The molecule has 0 fully saturated rings. The van der Waals surface area contributed by atoms with Gasteiger partial charge in [-0.25, -0.2) is 29.8 Å². The zero-order valence-corrected chi connectivity index (χ0v) is 29.1. The van der Waals surface area contributed by atoms with Crippen LogP contribution in [0.3, 0.4) is 0 Å². The molecule has 268 valence electrons. The zero-order chi connectivity index (χ0) is 36.7. The van der Waals surface area contributed by atoms with E-state index in [9.17, 15) is 24.0 Å². The van der Waals surface area contributed by atoms with Gasteiger partial charge in [0.1, 0.15) is 18.7 Å². The number of hydrogen-bond donors (Lipinski definition) is 3. The summed E-state index contributed by atoms with van der Waals surface area (Å²) >= 11 is 0. The first-order valence-corrected chi connectivity index (χ1v) is 15.8. The fourth-order valence-electron chi connectivity index (χ4n) is 3.76. The Bertz CT molecular complexity index is 1330. The molecular weight excluding hydrogens is 632 g/mol. The molecule has 0 aliphatic carbocycles. The standard InChI is InChI=1S/C20H29N3O5.C15H21N3O3/c1-6-13-22(18(25)21-14-16-11-9-8-10-12-16)23(15-17(24)27-7-2)19(26)28-20(3,4)5;1-3-10-18(17-12-14(19)21-4-2)15(20)16-11-13-8-6-5-7-9-13/h6,8-12H,1,7,13-15H2,2-5H3,(H,21,25);3,5-9,17H,1,4,10-12H2,2H3,(H,16,20). The number of amides is 5. The summed E-state index contributed by atoms with van der Waals surface area (Å²) < 4.78 is 15.1. The molecule has 2 aromatic carbocycles. The highest BCUT2D eigenvalue weighted by Crippen LogP contribution is 2.13. The number of hydrogen-bond acceptors (Lipinski definition) is 9. The smallest absolute Gasteiger partial charge is 0.430 e. The molecular formula is C35H50N6O8. The zero-order valence-electron chi connectivity index (χ0n) is 29.1. The number of nitrogens with zero attached hydrogens (tertiary/aromatic N) is 3. The molecule has 2 aromatic rings. The van der Waals surface area contributed by atoms with E-state index in [-0.39, 0.29) is 38.8 Å². The minimum atomic E-state index is -0.836. The number of esters is 2. The van der Waals surface area contributed by atoms with E-state index in [1.165, 1.54) is 11.1 Å². The van der Waals surface area contributed by atoms with Crippen molar-refractivity contribution in [2.45, 2.75) is 53.3 Å². The van der Waals surface area contributed by atoms with Crippen LogP contribution in [0, 0.1) is 0 Å². The molecule has 0 heterocycles. The quantitative estimate of drug-likeness (QED) is 0.106. The summed E-state index contributed by atoms with van der Waals surface area (Å²) in [6.45, 7) is 16.6. The van der Waals surface area contributed by atoms with Gasteiger partial charge in [0.05, 0.1) is 26.3 Å². The Morgan fingerprint density at radius 1 is 0.714 bits per heavy atom. The Kier molecular flexibility index (Phi) is 19.6. The highest BCUT2D eigenvalue weighted by Gasteiger charge is 2.31. The molecule has 0 aliphatic rings. The van der Waals surface area contributed by atoms with E-state index in [0.29, 0.717) is 13.2 Å². The Hall–Kier alpha value is -5.37. The summed E-state index contributed by atoms with van der Waals surface area (Å²) in [4.78, 5) is 60.6. The molecule has 3 N–H and O–H groups in total. The van der Waals surface area contributed by atoms with E-state index in [1.807, 2.05) is 60.7 Å². The molecule has 0 aromatic heterocycles. The van der Waals surface area contributed by atoms with Crippen LogP contribution in [0.2, 0.25) is 0 Å². The van der Waals surface area contributed by atoms with Gasteiger partial charge in [-0.2, -0.15) is 0 Å². The van der Waals surface area contributed by atoms with Crippen LogP contribution in [0.1, 0.15) is 45.7 Å². The lowest BCUT2D eigenvalue weighted by atomic mass is 10.2. The number of ether oxygens (including phenoxy) is 3. The topological polar surface area (TPSA) is 159 Å². The van der Waals surface area contributed by atoms with Crippen molar-refractivity contribution in [3.63, 3.8) is 0 Å². The van der Waals surface area contributed by atoms with Crippen molar-refractivity contribution < 1.29 is 38.2 Å². The number of hydrazine groups is 2. The van der Waals surface area contributed by atoms with E-state index in [1.54, 1.807) is 40.7 Å². The summed E-state index contributed by atoms with van der Waals surface area (Å²) in [5.74, 6) is -1.07. The minimum absolute atomic E-state index is 0.000723. The maximum absolute atomic E-state index is 12.7. The van der Waals surface area contributed by atoms with Gasteiger partial charge in [-0.3, -0.25) is 14.6 Å². The van der Waals surface area contributed by atoms with Crippen LogP contribution in [0.15, 0.2) is 86.0 Å². The summed E-state index contributed by atoms with van der Waals surface area (Å²) in [7, 11) is 0. The third kappa shape index (κ3) is 17.9. The van der Waals surface area contributed by atoms with Gasteiger partial charge in [-0.15, -0.1) is 13.2 Å². The van der Waals surface area contributed by atoms with Crippen LogP contribution >= 0.6 is 0 Å². The van der Waals surface area contributed by atoms with Crippen molar-refractivity contribution in [3.05, 3.63) is 97.1 Å². The molecule has 0 saturated carbocycles. The molecule has 0 saturated heterocycles. The normalized spacial score (nSPS) is 10.2. The monoisotopic (exact) mass is 682 g/mol. The maximum Gasteiger partial charge on any atom is 0.430 e. The molecule has 5 amide bonds. The van der Waals surface area contributed by atoms with E-state index in [2.05, 4.69) is 29.2 Å². The first-order valence-electron chi connectivity index (χ1n) is 15.8. The molecule has 0 unspecified atom stereocenters. The van der Waals surface area contributed by atoms with E-state index in [0.717, 1.165) is 21.1 Å². The van der Waals surface area contributed by atoms with Crippen LogP contribution in [-0.4, -0.2) is 90.1 Å². The van der Waals surface area contributed by atoms with Gasteiger partial charge in [-0.1, -0.05) is 72.8 Å². The number of rotatable bonds is 15. The number of benzene rings is 2. The Morgan fingerprint density at radius 2 is 1.20 bits per heavy atom. The molecule has 14 heteroatoms. The van der Waals surface area contributed by atoms with Gasteiger partial charge in [0.15, 0.2) is 0 Å². The number of carbonyl (C=O) groups excluding carboxylic acids is 5. The first kappa shape index (κ1) is 41.7. The van der Waals surface area contributed by atoms with Crippen LogP contribution in [-0.2, 0) is 36.9 Å². The molecule has 0 atom stereocenters. The van der Waals surface area contributed by atoms with Gasteiger partial charge in [-0.05, 0) is 45.7 Å². The molecule has 49 heavy (non-hydrogen) atoms. The van der Waals surface area contributed by atoms with Crippen molar-refractivity contribution in [1.82, 2.24) is 31.1 Å². The van der Waals surface area contributed by atoms with Gasteiger partial charge in [0.2, 0.25) is 0 Å². The lowest BCUT2D eigenvalue weighted by molar-refractivity contribution is -0.147. The largest absolute Gasteiger partial charge is 0.465 e. The van der Waals surface area contributed by atoms with Crippen molar-refractivity contribution >= 4 is 30.1 Å². The predicted molar refractivity (Wildman–Crippen MR) is 185 cm³/mol. The Labute approximate surface area is 289 Å². The highest BCUT2D eigenvalue weighted by molar-refractivity contribution is 5.82. The second kappa shape index (κ2) is 23.0. The Morgan fingerprint density at radius 3 is 1.67 bits per heavy atom. The maximum atomic E-state index is 12.7. The second-order valence-corrected chi connectivity index (χ2v) is 11.0. The van der Waals surface area contributed by atoms with Gasteiger partial charge in [0.25, 0.3) is 0 Å². The summed E-state index contributed by atoms with van der Waals surface area (Å²) in [6, 6.07) is 18.0. The summed E-state index contributed by atoms with van der Waals surface area (Å²) in [6.07, 6.45) is 2.18.